The molecule has 0 fully saturated rings. The van der Waals surface area contributed by atoms with Crippen LogP contribution >= 0.6 is 11.6 Å². The van der Waals surface area contributed by atoms with Gasteiger partial charge in [-0.3, -0.25) is 4.79 Å². The van der Waals surface area contributed by atoms with Crippen molar-refractivity contribution in [3.05, 3.63) is 52.4 Å². The minimum Gasteiger partial charge on any atom is -0.506 e. The first-order chi connectivity index (χ1) is 12.3. The first-order valence-electron chi connectivity index (χ1n) is 7.03. The lowest BCUT2D eigenvalue weighted by atomic mass is 10.3. The van der Waals surface area contributed by atoms with Gasteiger partial charge < -0.3 is 10.4 Å². The molecule has 6 nitrogen and oxygen atoms in total. The van der Waals surface area contributed by atoms with Crippen molar-refractivity contribution in [2.24, 2.45) is 0 Å². The van der Waals surface area contributed by atoms with Gasteiger partial charge in [-0.25, -0.2) is 27.1 Å². The van der Waals surface area contributed by atoms with Gasteiger partial charge in [0.15, 0.2) is 11.3 Å². The second-order valence-electron chi connectivity index (χ2n) is 5.12. The van der Waals surface area contributed by atoms with Crippen molar-refractivity contribution in [3.63, 3.8) is 0 Å². The number of carbonyl (C=O) groups is 1. The number of fused-ring (bicyclic) bond motifs is 1. The van der Waals surface area contributed by atoms with Gasteiger partial charge in [0.05, 0.1) is 5.69 Å². The van der Waals surface area contributed by atoms with Crippen LogP contribution in [0.15, 0.2) is 30.3 Å². The van der Waals surface area contributed by atoms with Gasteiger partial charge in [0.2, 0.25) is 0 Å². The fourth-order valence-corrected chi connectivity index (χ4v) is 2.36. The van der Waals surface area contributed by atoms with Crippen LogP contribution in [0.2, 0.25) is 5.02 Å². The fourth-order valence-electron chi connectivity index (χ4n) is 2.19. The van der Waals surface area contributed by atoms with E-state index in [0.29, 0.717) is 10.6 Å². The maximum Gasteiger partial charge on any atom is 0.280 e. The Bertz CT molecular complexity index is 993. The van der Waals surface area contributed by atoms with E-state index in [-0.39, 0.29) is 27.8 Å². The maximum absolute atomic E-state index is 13.1. The lowest BCUT2D eigenvalue weighted by Gasteiger charge is -2.06. The SMILES string of the molecule is O=C(Nc1cc(Cl)ccc1O)c1cc2nc(C(F)F)cc(C(F)F)n2n1. The Labute approximate surface area is 148 Å². The van der Waals surface area contributed by atoms with Crippen molar-refractivity contribution < 1.29 is 27.5 Å². The molecule has 1 amide bonds. The number of alkyl halides is 4. The average Bonchev–Trinajstić information content (AvgIpc) is 3.01. The summed E-state index contributed by atoms with van der Waals surface area (Å²) in [4.78, 5) is 15.8. The second-order valence-corrected chi connectivity index (χ2v) is 5.56. The summed E-state index contributed by atoms with van der Waals surface area (Å²) in [6.45, 7) is 0. The topological polar surface area (TPSA) is 79.5 Å². The normalized spacial score (nSPS) is 11.5. The number of aromatic nitrogens is 3. The van der Waals surface area contributed by atoms with Crippen molar-refractivity contribution in [2.75, 3.05) is 5.32 Å². The number of nitrogens with zero attached hydrogens (tertiary/aromatic N) is 3. The van der Waals surface area contributed by atoms with E-state index in [2.05, 4.69) is 15.4 Å². The highest BCUT2D eigenvalue weighted by atomic mass is 35.5. The van der Waals surface area contributed by atoms with E-state index < -0.39 is 30.1 Å². The number of hydrogen-bond acceptors (Lipinski definition) is 4. The Morgan fingerprint density at radius 2 is 1.88 bits per heavy atom. The van der Waals surface area contributed by atoms with Crippen LogP contribution in [0.3, 0.4) is 0 Å². The summed E-state index contributed by atoms with van der Waals surface area (Å²) in [6.07, 6.45) is -6.17. The third-order valence-electron chi connectivity index (χ3n) is 3.36. The maximum atomic E-state index is 13.1. The van der Waals surface area contributed by atoms with Gasteiger partial charge in [0.25, 0.3) is 18.8 Å². The molecule has 0 aliphatic heterocycles. The lowest BCUT2D eigenvalue weighted by molar-refractivity contribution is 0.102. The Morgan fingerprint density at radius 3 is 2.54 bits per heavy atom. The summed E-state index contributed by atoms with van der Waals surface area (Å²) < 4.78 is 52.5. The molecule has 26 heavy (non-hydrogen) atoms. The standard InChI is InChI=1S/C15H9ClF4N4O2/c16-6-1-2-11(25)7(3-6)22-15(26)9-5-12-21-8(13(17)18)4-10(14(19)20)24(12)23-9/h1-5,13-14,25H,(H,22,26). The highest BCUT2D eigenvalue weighted by Crippen LogP contribution is 2.28. The van der Waals surface area contributed by atoms with E-state index in [1.807, 2.05) is 0 Å². The van der Waals surface area contributed by atoms with E-state index in [4.69, 9.17) is 11.6 Å². The molecule has 0 unspecified atom stereocenters. The minimum atomic E-state index is -3.11. The molecule has 1 aromatic carbocycles. The Morgan fingerprint density at radius 1 is 1.15 bits per heavy atom. The molecule has 2 aromatic heterocycles. The number of hydrogen-bond donors (Lipinski definition) is 2. The zero-order chi connectivity index (χ0) is 19.0. The van der Waals surface area contributed by atoms with Crippen LogP contribution in [0.1, 0.15) is 34.7 Å². The lowest BCUT2D eigenvalue weighted by Crippen LogP contribution is -2.13. The molecule has 11 heteroatoms. The molecule has 2 N–H and O–H groups in total. The van der Waals surface area contributed by atoms with Gasteiger partial charge in [-0.1, -0.05) is 11.6 Å². The molecule has 0 radical (unpaired) electrons. The van der Waals surface area contributed by atoms with Crippen molar-refractivity contribution in [3.8, 4) is 5.75 Å². The molecule has 0 spiro atoms. The summed E-state index contributed by atoms with van der Waals surface area (Å²) in [5.41, 5.74) is -2.40. The zero-order valence-electron chi connectivity index (χ0n) is 12.6. The highest BCUT2D eigenvalue weighted by molar-refractivity contribution is 6.31. The smallest absolute Gasteiger partial charge is 0.280 e. The van der Waals surface area contributed by atoms with Crippen LogP contribution in [-0.2, 0) is 0 Å². The number of amides is 1. The highest BCUT2D eigenvalue weighted by Gasteiger charge is 2.22. The molecule has 136 valence electrons. The molecule has 0 saturated carbocycles. The first-order valence-corrected chi connectivity index (χ1v) is 7.41. The number of phenolic OH excluding ortho intramolecular Hbond substituents is 1. The van der Waals surface area contributed by atoms with Gasteiger partial charge in [-0.15, -0.1) is 0 Å². The summed E-state index contributed by atoms with van der Waals surface area (Å²) in [7, 11) is 0. The number of nitrogens with one attached hydrogen (secondary N) is 1. The van der Waals surface area contributed by atoms with Crippen molar-refractivity contribution in [2.45, 2.75) is 12.9 Å². The molecule has 3 aromatic rings. The van der Waals surface area contributed by atoms with E-state index in [0.717, 1.165) is 6.07 Å². The molecule has 0 bridgehead atoms. The molecule has 3 rings (SSSR count). The number of aromatic hydroxyl groups is 1. The number of rotatable bonds is 4. The predicted octanol–water partition coefficient (Wildman–Crippen LogP) is 4.22. The zero-order valence-corrected chi connectivity index (χ0v) is 13.4. The van der Waals surface area contributed by atoms with E-state index in [1.165, 1.54) is 18.2 Å². The molecule has 0 aliphatic carbocycles. The Balaban J connectivity index is 2.01. The van der Waals surface area contributed by atoms with Gasteiger partial charge in [0, 0.05) is 11.1 Å². The van der Waals surface area contributed by atoms with E-state index >= 15 is 0 Å². The predicted molar refractivity (Wildman–Crippen MR) is 84.0 cm³/mol. The van der Waals surface area contributed by atoms with E-state index in [1.54, 1.807) is 0 Å². The van der Waals surface area contributed by atoms with Crippen LogP contribution in [0.4, 0.5) is 23.2 Å². The average molecular weight is 389 g/mol. The molecular formula is C15H9ClF4N4O2. The van der Waals surface area contributed by atoms with E-state index in [9.17, 15) is 27.5 Å². The summed E-state index contributed by atoms with van der Waals surface area (Å²) in [5.74, 6) is -1.15. The second kappa shape index (κ2) is 6.79. The van der Waals surface area contributed by atoms with Crippen LogP contribution in [-0.4, -0.2) is 25.6 Å². The van der Waals surface area contributed by atoms with Crippen molar-refractivity contribution in [1.82, 2.24) is 14.6 Å². The number of anilines is 1. The molecule has 0 saturated heterocycles. The fraction of sp³-hybridized carbons (Fsp3) is 0.133. The third-order valence-corrected chi connectivity index (χ3v) is 3.60. The first kappa shape index (κ1) is 17.9. The summed E-state index contributed by atoms with van der Waals surface area (Å²) in [5, 5.41) is 15.9. The molecule has 2 heterocycles. The van der Waals surface area contributed by atoms with Crippen molar-refractivity contribution in [1.29, 1.82) is 0 Å². The number of halogens is 5. The molecule has 0 aliphatic rings. The minimum absolute atomic E-state index is 0.0325. The van der Waals surface area contributed by atoms with Crippen LogP contribution < -0.4 is 5.32 Å². The summed E-state index contributed by atoms with van der Waals surface area (Å²) >= 11 is 5.77. The van der Waals surface area contributed by atoms with Gasteiger partial charge in [-0.05, 0) is 24.3 Å². The van der Waals surface area contributed by atoms with Crippen LogP contribution in [0.25, 0.3) is 5.65 Å². The largest absolute Gasteiger partial charge is 0.506 e. The van der Waals surface area contributed by atoms with Crippen molar-refractivity contribution >= 4 is 28.8 Å². The Kier molecular flexibility index (Phi) is 4.68. The number of carbonyl (C=O) groups excluding carboxylic acids is 1. The molecular weight excluding hydrogens is 380 g/mol. The Hall–Kier alpha value is -2.88. The van der Waals surface area contributed by atoms with Crippen LogP contribution in [0, 0.1) is 0 Å². The monoisotopic (exact) mass is 388 g/mol. The molecule has 0 atom stereocenters. The van der Waals surface area contributed by atoms with Gasteiger partial charge >= 0.3 is 0 Å². The summed E-state index contributed by atoms with van der Waals surface area (Å²) in [6, 6.07) is 5.41. The quantitative estimate of drug-likeness (QED) is 0.518. The number of phenols is 1. The third kappa shape index (κ3) is 3.40. The number of benzene rings is 1. The van der Waals surface area contributed by atoms with Gasteiger partial charge in [0.1, 0.15) is 17.1 Å². The van der Waals surface area contributed by atoms with Crippen LogP contribution in [0.5, 0.6) is 5.75 Å². The van der Waals surface area contributed by atoms with Gasteiger partial charge in [-0.2, -0.15) is 5.10 Å².